The number of hydrogen-bond donors (Lipinski definition) is 2. The zero-order chi connectivity index (χ0) is 42.7. The Balaban J connectivity index is 0.851. The maximum atomic E-state index is 15.5. The number of rotatable bonds is 10. The summed E-state index contributed by atoms with van der Waals surface area (Å²) in [5.41, 5.74) is -1.97. The number of alkyl halides is 3. The van der Waals surface area contributed by atoms with Crippen LogP contribution in [0.25, 0.3) is 11.0 Å². The molecule has 3 aliphatic heterocycles. The quantitative estimate of drug-likeness (QED) is 0.109. The molecule has 3 saturated heterocycles. The van der Waals surface area contributed by atoms with Crippen molar-refractivity contribution in [3.05, 3.63) is 83.4 Å². The average Bonchev–Trinajstić information content (AvgIpc) is 3.88. The highest BCUT2D eigenvalue weighted by Gasteiger charge is 2.55. The molecule has 13 nitrogen and oxygen atoms in total. The van der Waals surface area contributed by atoms with E-state index in [1.165, 1.54) is 49.3 Å². The summed E-state index contributed by atoms with van der Waals surface area (Å²) in [4.78, 5) is 58.1. The zero-order valence-corrected chi connectivity index (χ0v) is 33.3. The molecule has 60 heavy (non-hydrogen) atoms. The fourth-order valence-corrected chi connectivity index (χ4v) is 8.85. The van der Waals surface area contributed by atoms with Crippen LogP contribution >= 0.6 is 12.2 Å². The van der Waals surface area contributed by atoms with E-state index in [4.69, 9.17) is 21.4 Å². The number of piperidine rings is 1. The zero-order valence-electron chi connectivity index (χ0n) is 32.5. The number of benzene rings is 3. The molecule has 1 atom stereocenters. The van der Waals surface area contributed by atoms with E-state index in [0.717, 1.165) is 17.0 Å². The van der Waals surface area contributed by atoms with Gasteiger partial charge in [0.1, 0.15) is 23.3 Å². The van der Waals surface area contributed by atoms with Crippen LogP contribution in [0.5, 0.6) is 5.75 Å². The number of nitrogens with zero attached hydrogens (tertiary/aromatic N) is 5. The number of hydrogen-bond acceptors (Lipinski definition) is 10. The molecular formula is C42H39F4N7O6S. The molecular weight excluding hydrogens is 807 g/mol. The first-order chi connectivity index (χ1) is 28.5. The van der Waals surface area contributed by atoms with E-state index < -0.39 is 46.0 Å². The fraction of sp³-hybridized carbons (Fsp3) is 0.381. The smallest absolute Gasteiger partial charge is 0.417 e. The van der Waals surface area contributed by atoms with Crippen LogP contribution in [-0.4, -0.2) is 88.9 Å². The number of ether oxygens (including phenoxy) is 1. The summed E-state index contributed by atoms with van der Waals surface area (Å²) in [5, 5.41) is 15.2. The Morgan fingerprint density at radius 3 is 2.43 bits per heavy atom. The summed E-state index contributed by atoms with van der Waals surface area (Å²) in [6.07, 6.45) is -1.27. The predicted molar refractivity (Wildman–Crippen MR) is 215 cm³/mol. The molecule has 4 heterocycles. The number of carbonyl (C=O) groups excluding carboxylic acids is 4. The van der Waals surface area contributed by atoms with E-state index in [1.54, 1.807) is 18.2 Å². The Hall–Kier alpha value is -5.90. The van der Waals surface area contributed by atoms with Crippen molar-refractivity contribution in [1.82, 2.24) is 15.1 Å². The topological polar surface area (TPSA) is 151 Å². The van der Waals surface area contributed by atoms with Gasteiger partial charge in [0, 0.05) is 67.5 Å². The van der Waals surface area contributed by atoms with Gasteiger partial charge in [0.2, 0.25) is 17.7 Å². The van der Waals surface area contributed by atoms with Gasteiger partial charge in [-0.25, -0.2) is 4.39 Å². The monoisotopic (exact) mass is 845 g/mol. The predicted octanol–water partition coefficient (Wildman–Crippen LogP) is 6.07. The summed E-state index contributed by atoms with van der Waals surface area (Å²) in [7, 11) is 0. The second kappa shape index (κ2) is 15.3. The van der Waals surface area contributed by atoms with Crippen LogP contribution < -0.4 is 25.2 Å². The normalized spacial score (nSPS) is 20.6. The third-order valence-electron chi connectivity index (χ3n) is 11.8. The van der Waals surface area contributed by atoms with Crippen molar-refractivity contribution in [3.63, 3.8) is 0 Å². The van der Waals surface area contributed by atoms with Crippen LogP contribution in [0, 0.1) is 17.1 Å². The summed E-state index contributed by atoms with van der Waals surface area (Å²) >= 11 is 5.57. The second-order valence-electron chi connectivity index (χ2n) is 15.8. The molecule has 0 radical (unpaired) electrons. The fourth-order valence-electron chi connectivity index (χ4n) is 8.33. The minimum absolute atomic E-state index is 0.0307. The van der Waals surface area contributed by atoms with Gasteiger partial charge in [0.15, 0.2) is 16.7 Å². The molecule has 4 aromatic rings. The first kappa shape index (κ1) is 40.9. The SMILES string of the molecule is CC1(C)C(=O)N(c2ccc(C#N)c(C(F)(F)F)c2)C(=S)N1c1ccc(OCCN2CCN(C3(C(=O)Nc4ccc5occ(C6CCC(=O)NC6=O)c5c4)CC3)CC2)c(F)c1. The van der Waals surface area contributed by atoms with E-state index in [-0.39, 0.29) is 53.0 Å². The molecule has 0 bridgehead atoms. The Kier molecular flexibility index (Phi) is 10.4. The number of thiocarbonyl (C=S) groups is 1. The van der Waals surface area contributed by atoms with Crippen LogP contribution in [0.3, 0.4) is 0 Å². The minimum Gasteiger partial charge on any atom is -0.489 e. The number of fused-ring (bicyclic) bond motifs is 1. The Morgan fingerprint density at radius 1 is 1.03 bits per heavy atom. The van der Waals surface area contributed by atoms with Crippen molar-refractivity contribution in [3.8, 4) is 11.8 Å². The maximum absolute atomic E-state index is 15.5. The average molecular weight is 846 g/mol. The highest BCUT2D eigenvalue weighted by Crippen LogP contribution is 2.44. The number of carbonyl (C=O) groups is 4. The summed E-state index contributed by atoms with van der Waals surface area (Å²) in [6, 6.07) is 13.8. The molecule has 0 spiro atoms. The number of nitrogens with one attached hydrogen (secondary N) is 2. The summed E-state index contributed by atoms with van der Waals surface area (Å²) < 4.78 is 68.2. The van der Waals surface area contributed by atoms with Gasteiger partial charge in [-0.05, 0) is 93.9 Å². The second-order valence-corrected chi connectivity index (χ2v) is 16.2. The van der Waals surface area contributed by atoms with Gasteiger partial charge in [-0.1, -0.05) is 0 Å². The van der Waals surface area contributed by atoms with Crippen LogP contribution in [0.1, 0.15) is 62.1 Å². The molecule has 4 amide bonds. The molecule has 1 aromatic heterocycles. The minimum atomic E-state index is -4.85. The lowest BCUT2D eigenvalue weighted by Gasteiger charge is -2.39. The van der Waals surface area contributed by atoms with Crippen LogP contribution in [0.2, 0.25) is 0 Å². The molecule has 4 aliphatic rings. The number of imide groups is 1. The maximum Gasteiger partial charge on any atom is 0.417 e. The molecule has 3 aromatic carbocycles. The van der Waals surface area contributed by atoms with E-state index in [2.05, 4.69) is 20.4 Å². The van der Waals surface area contributed by atoms with E-state index in [0.29, 0.717) is 80.3 Å². The first-order valence-corrected chi connectivity index (χ1v) is 19.8. The lowest BCUT2D eigenvalue weighted by atomic mass is 9.90. The molecule has 2 N–H and O–H groups in total. The molecule has 1 saturated carbocycles. The van der Waals surface area contributed by atoms with Crippen LogP contribution in [-0.2, 0) is 25.4 Å². The summed E-state index contributed by atoms with van der Waals surface area (Å²) in [5.74, 6) is -2.68. The van der Waals surface area contributed by atoms with Crippen molar-refractivity contribution in [2.75, 3.05) is 54.4 Å². The molecule has 312 valence electrons. The van der Waals surface area contributed by atoms with Gasteiger partial charge >= 0.3 is 6.18 Å². The number of piperazine rings is 1. The first-order valence-electron chi connectivity index (χ1n) is 19.4. The van der Waals surface area contributed by atoms with Crippen molar-refractivity contribution in [1.29, 1.82) is 5.26 Å². The van der Waals surface area contributed by atoms with Gasteiger partial charge in [-0.2, -0.15) is 18.4 Å². The van der Waals surface area contributed by atoms with Crippen molar-refractivity contribution >= 4 is 69.0 Å². The number of furan rings is 1. The molecule has 1 aliphatic carbocycles. The highest BCUT2D eigenvalue weighted by atomic mass is 32.1. The Morgan fingerprint density at radius 2 is 1.77 bits per heavy atom. The van der Waals surface area contributed by atoms with Gasteiger partial charge < -0.3 is 19.4 Å². The molecule has 1 unspecified atom stereocenters. The van der Waals surface area contributed by atoms with Gasteiger partial charge in [0.05, 0.1) is 35.1 Å². The number of amides is 4. The van der Waals surface area contributed by atoms with Crippen LogP contribution in [0.4, 0.5) is 34.6 Å². The molecule has 4 fully saturated rings. The lowest BCUT2D eigenvalue weighted by Crippen LogP contribution is -2.55. The van der Waals surface area contributed by atoms with Gasteiger partial charge in [0.25, 0.3) is 5.91 Å². The van der Waals surface area contributed by atoms with E-state index in [9.17, 15) is 37.6 Å². The number of nitriles is 1. The highest BCUT2D eigenvalue weighted by molar-refractivity contribution is 7.81. The standard InChI is InChI=1S/C42H39F4N7O6S/c1-40(2)38(57)52(26-5-3-24(22-47)31(20-26)42(44,45)46)39(60)53(40)27-6-9-34(32(43)21-27)58-18-17-50-13-15-51(16-14-50)41(11-12-41)37(56)48-25-4-8-33-29(19-25)30(23-59-33)28-7-10-35(54)49-36(28)55/h3-6,8-9,19-21,23,28H,7,10-18H2,1-2H3,(H,48,56)(H,49,54,55). The van der Waals surface area contributed by atoms with Gasteiger partial charge in [-0.3, -0.25) is 39.2 Å². The third kappa shape index (κ3) is 7.34. The van der Waals surface area contributed by atoms with E-state index in [1.807, 2.05) is 0 Å². The number of anilines is 3. The van der Waals surface area contributed by atoms with Crippen LogP contribution in [0.15, 0.2) is 65.3 Å². The molecule has 8 rings (SSSR count). The Bertz CT molecular complexity index is 2490. The largest absolute Gasteiger partial charge is 0.489 e. The Labute approximate surface area is 346 Å². The number of halogens is 4. The van der Waals surface area contributed by atoms with E-state index >= 15 is 4.39 Å². The third-order valence-corrected chi connectivity index (χ3v) is 12.2. The van der Waals surface area contributed by atoms with Crippen molar-refractivity contribution < 1.29 is 45.9 Å². The summed E-state index contributed by atoms with van der Waals surface area (Å²) in [6.45, 7) is 6.30. The lowest BCUT2D eigenvalue weighted by molar-refractivity contribution is -0.138. The molecule has 18 heteroatoms. The van der Waals surface area contributed by atoms with Gasteiger partial charge in [-0.15, -0.1) is 0 Å². The van der Waals surface area contributed by atoms with Crippen molar-refractivity contribution in [2.45, 2.75) is 62.7 Å². The van der Waals surface area contributed by atoms with Crippen molar-refractivity contribution in [2.24, 2.45) is 0 Å².